The number of carbonyl (C=O) groups is 1. The highest BCUT2D eigenvalue weighted by Gasteiger charge is 2.07. The van der Waals surface area contributed by atoms with Crippen LogP contribution in [0.1, 0.15) is 37.3 Å². The Hall–Kier alpha value is -3.28. The predicted molar refractivity (Wildman–Crippen MR) is 116 cm³/mol. The molecule has 1 heterocycles. The van der Waals surface area contributed by atoms with Gasteiger partial charge in [-0.15, -0.1) is 0 Å². The third-order valence-electron chi connectivity index (χ3n) is 5.03. The standard InChI is InChI=1S/C23H27N3O3/c1-4-17(2)18-9-11-20(12-10-18)29-14-13-26-16-19(15-24-25-23(27)28-3)21-7-5-6-8-22(21)26/h5-12,15-17H,4,13-14H2,1-3H3,(H,25,27)/b24-15-/t17-/m0/s1. The van der Waals surface area contributed by atoms with Crippen molar-refractivity contribution in [1.82, 2.24) is 9.99 Å². The zero-order chi connectivity index (χ0) is 20.6. The summed E-state index contributed by atoms with van der Waals surface area (Å²) in [5.41, 5.74) is 5.64. The first-order valence-electron chi connectivity index (χ1n) is 9.80. The number of fused-ring (bicyclic) bond motifs is 1. The van der Waals surface area contributed by atoms with Gasteiger partial charge in [-0.25, -0.2) is 10.2 Å². The molecule has 3 aromatic rings. The fourth-order valence-electron chi connectivity index (χ4n) is 3.15. The summed E-state index contributed by atoms with van der Waals surface area (Å²) in [6.45, 7) is 5.68. The lowest BCUT2D eigenvalue weighted by Crippen LogP contribution is -2.16. The third kappa shape index (κ3) is 5.16. The quantitative estimate of drug-likeness (QED) is 0.436. The van der Waals surface area contributed by atoms with Crippen molar-refractivity contribution in [2.45, 2.75) is 32.7 Å². The molecule has 1 aromatic heterocycles. The van der Waals surface area contributed by atoms with Crippen LogP contribution in [0.15, 0.2) is 59.8 Å². The molecule has 0 aliphatic heterocycles. The van der Waals surface area contributed by atoms with Crippen molar-refractivity contribution < 1.29 is 14.3 Å². The van der Waals surface area contributed by atoms with Crippen LogP contribution in [0, 0.1) is 0 Å². The molecule has 1 amide bonds. The van der Waals surface area contributed by atoms with Crippen LogP contribution in [0.3, 0.4) is 0 Å². The Kier molecular flexibility index (Phi) is 6.89. The van der Waals surface area contributed by atoms with E-state index >= 15 is 0 Å². The molecule has 152 valence electrons. The minimum Gasteiger partial charge on any atom is -0.492 e. The SMILES string of the molecule is CC[C@H](C)c1ccc(OCCn2cc(/C=N\NC(=O)OC)c3ccccc32)cc1. The topological polar surface area (TPSA) is 64.8 Å². The Morgan fingerprint density at radius 3 is 2.69 bits per heavy atom. The van der Waals surface area contributed by atoms with Crippen LogP contribution < -0.4 is 10.2 Å². The van der Waals surface area contributed by atoms with Crippen molar-refractivity contribution in [1.29, 1.82) is 0 Å². The maximum Gasteiger partial charge on any atom is 0.427 e. The van der Waals surface area contributed by atoms with E-state index < -0.39 is 6.09 Å². The molecular weight excluding hydrogens is 366 g/mol. The number of methoxy groups -OCH3 is 1. The summed E-state index contributed by atoms with van der Waals surface area (Å²) in [5, 5.41) is 5.00. The molecule has 2 aromatic carbocycles. The van der Waals surface area contributed by atoms with Crippen molar-refractivity contribution in [3.05, 3.63) is 65.9 Å². The highest BCUT2D eigenvalue weighted by molar-refractivity contribution is 5.99. The molecule has 0 unspecified atom stereocenters. The van der Waals surface area contributed by atoms with Gasteiger partial charge in [0, 0.05) is 22.7 Å². The average Bonchev–Trinajstić information content (AvgIpc) is 3.11. The first-order valence-corrected chi connectivity index (χ1v) is 9.80. The molecule has 0 aliphatic rings. The van der Waals surface area contributed by atoms with Crippen LogP contribution in [0.4, 0.5) is 4.79 Å². The summed E-state index contributed by atoms with van der Waals surface area (Å²) in [5.74, 6) is 1.43. The second-order valence-electron chi connectivity index (χ2n) is 6.88. The number of para-hydroxylation sites is 1. The zero-order valence-electron chi connectivity index (χ0n) is 17.1. The number of rotatable bonds is 8. The number of amides is 1. The van der Waals surface area contributed by atoms with E-state index in [4.69, 9.17) is 4.74 Å². The van der Waals surface area contributed by atoms with Crippen LogP contribution in [0.2, 0.25) is 0 Å². The van der Waals surface area contributed by atoms with Crippen molar-refractivity contribution in [3.63, 3.8) is 0 Å². The van der Waals surface area contributed by atoms with Crippen molar-refractivity contribution in [2.24, 2.45) is 5.10 Å². The van der Waals surface area contributed by atoms with E-state index in [9.17, 15) is 4.79 Å². The summed E-state index contributed by atoms with van der Waals surface area (Å²) in [6.07, 6.45) is 4.15. The van der Waals surface area contributed by atoms with Gasteiger partial charge in [-0.3, -0.25) is 0 Å². The molecular formula is C23H27N3O3. The lowest BCUT2D eigenvalue weighted by Gasteiger charge is -2.11. The smallest absolute Gasteiger partial charge is 0.427 e. The van der Waals surface area contributed by atoms with Gasteiger partial charge in [0.25, 0.3) is 0 Å². The van der Waals surface area contributed by atoms with Gasteiger partial charge in [0.15, 0.2) is 0 Å². The van der Waals surface area contributed by atoms with Gasteiger partial charge >= 0.3 is 6.09 Å². The number of ether oxygens (including phenoxy) is 2. The lowest BCUT2D eigenvalue weighted by atomic mass is 9.99. The minimum atomic E-state index is -0.599. The van der Waals surface area contributed by atoms with E-state index in [0.29, 0.717) is 19.1 Å². The summed E-state index contributed by atoms with van der Waals surface area (Å²) in [7, 11) is 1.30. The molecule has 6 heteroatoms. The average molecular weight is 393 g/mol. The second kappa shape index (κ2) is 9.78. The van der Waals surface area contributed by atoms with Gasteiger partial charge in [-0.2, -0.15) is 5.10 Å². The fourth-order valence-corrected chi connectivity index (χ4v) is 3.15. The minimum absolute atomic E-state index is 0.554. The largest absolute Gasteiger partial charge is 0.492 e. The Labute approximate surface area is 171 Å². The maximum absolute atomic E-state index is 11.2. The summed E-state index contributed by atoms with van der Waals surface area (Å²) in [4.78, 5) is 11.2. The van der Waals surface area contributed by atoms with E-state index in [2.05, 4.69) is 51.9 Å². The van der Waals surface area contributed by atoms with Gasteiger partial charge in [0.1, 0.15) is 12.4 Å². The van der Waals surface area contributed by atoms with Crippen LogP contribution >= 0.6 is 0 Å². The molecule has 3 rings (SSSR count). The number of hydrazone groups is 1. The molecule has 6 nitrogen and oxygen atoms in total. The molecule has 1 N–H and O–H groups in total. The van der Waals surface area contributed by atoms with Crippen molar-refractivity contribution in [3.8, 4) is 5.75 Å². The van der Waals surface area contributed by atoms with Gasteiger partial charge in [-0.05, 0) is 36.1 Å². The predicted octanol–water partition coefficient (Wildman–Crippen LogP) is 4.92. The Morgan fingerprint density at radius 2 is 1.97 bits per heavy atom. The molecule has 0 radical (unpaired) electrons. The van der Waals surface area contributed by atoms with E-state index in [0.717, 1.165) is 28.6 Å². The Bertz CT molecular complexity index is 977. The first kappa shape index (κ1) is 20.5. The first-order chi connectivity index (χ1) is 14.1. The number of benzene rings is 2. The lowest BCUT2D eigenvalue weighted by molar-refractivity contribution is 0.171. The number of nitrogens with zero attached hydrogens (tertiary/aromatic N) is 2. The van der Waals surface area contributed by atoms with Crippen LogP contribution in [-0.2, 0) is 11.3 Å². The van der Waals surface area contributed by atoms with Crippen LogP contribution in [0.25, 0.3) is 10.9 Å². The zero-order valence-corrected chi connectivity index (χ0v) is 17.1. The summed E-state index contributed by atoms with van der Waals surface area (Å²) >= 11 is 0. The van der Waals surface area contributed by atoms with Gasteiger partial charge in [0.2, 0.25) is 0 Å². The molecule has 0 fully saturated rings. The molecule has 0 bridgehead atoms. The van der Waals surface area contributed by atoms with Crippen molar-refractivity contribution >= 4 is 23.2 Å². The summed E-state index contributed by atoms with van der Waals surface area (Å²) < 4.78 is 12.6. The monoisotopic (exact) mass is 393 g/mol. The van der Waals surface area contributed by atoms with Gasteiger partial charge in [0.05, 0.1) is 19.9 Å². The Balaban J connectivity index is 1.66. The number of hydrogen-bond acceptors (Lipinski definition) is 4. The Morgan fingerprint density at radius 1 is 1.21 bits per heavy atom. The molecule has 0 aliphatic carbocycles. The fraction of sp³-hybridized carbons (Fsp3) is 0.304. The molecule has 0 saturated carbocycles. The van der Waals surface area contributed by atoms with E-state index in [1.54, 1.807) is 6.21 Å². The van der Waals surface area contributed by atoms with Gasteiger partial charge in [-0.1, -0.05) is 44.2 Å². The van der Waals surface area contributed by atoms with Crippen LogP contribution in [-0.4, -0.2) is 30.6 Å². The molecule has 1 atom stereocenters. The molecule has 0 spiro atoms. The number of aromatic nitrogens is 1. The second-order valence-corrected chi connectivity index (χ2v) is 6.88. The maximum atomic E-state index is 11.2. The molecule has 0 saturated heterocycles. The van der Waals surface area contributed by atoms with E-state index in [1.165, 1.54) is 12.7 Å². The van der Waals surface area contributed by atoms with E-state index in [-0.39, 0.29) is 0 Å². The number of carbonyl (C=O) groups excluding carboxylic acids is 1. The highest BCUT2D eigenvalue weighted by atomic mass is 16.5. The van der Waals surface area contributed by atoms with Gasteiger partial charge < -0.3 is 14.0 Å². The van der Waals surface area contributed by atoms with E-state index in [1.807, 2.05) is 36.5 Å². The number of hydrogen-bond donors (Lipinski definition) is 1. The normalized spacial score (nSPS) is 12.2. The summed E-state index contributed by atoms with van der Waals surface area (Å²) in [6, 6.07) is 16.4. The van der Waals surface area contributed by atoms with Crippen molar-refractivity contribution in [2.75, 3.05) is 13.7 Å². The molecule has 29 heavy (non-hydrogen) atoms. The van der Waals surface area contributed by atoms with Crippen LogP contribution in [0.5, 0.6) is 5.75 Å². The number of nitrogens with one attached hydrogen (secondary N) is 1. The third-order valence-corrected chi connectivity index (χ3v) is 5.03. The highest BCUT2D eigenvalue weighted by Crippen LogP contribution is 2.22.